The highest BCUT2D eigenvalue weighted by Gasteiger charge is 2.26. The SMILES string of the molecule is CC(C)(c1ccc(OCC2=CN=C(S(C)(=O)=O)C2)cc1)c1cc(Cl)c(OCCCl)c(C#N)c1. The lowest BCUT2D eigenvalue weighted by atomic mass is 9.77. The van der Waals surface area contributed by atoms with Crippen molar-refractivity contribution in [3.05, 3.63) is 69.9 Å². The van der Waals surface area contributed by atoms with E-state index in [0.29, 0.717) is 28.0 Å². The number of benzene rings is 2. The van der Waals surface area contributed by atoms with E-state index < -0.39 is 15.3 Å². The molecule has 0 aromatic heterocycles. The fourth-order valence-electron chi connectivity index (χ4n) is 3.40. The van der Waals surface area contributed by atoms with Crippen molar-refractivity contribution in [2.45, 2.75) is 25.7 Å². The third kappa shape index (κ3) is 5.89. The van der Waals surface area contributed by atoms with Crippen LogP contribution in [0.15, 0.2) is 53.2 Å². The number of alkyl halides is 1. The van der Waals surface area contributed by atoms with Gasteiger partial charge in [-0.15, -0.1) is 11.6 Å². The Balaban J connectivity index is 1.72. The van der Waals surface area contributed by atoms with Crippen LogP contribution in [0.2, 0.25) is 5.02 Å². The molecule has 0 radical (unpaired) electrons. The highest BCUT2D eigenvalue weighted by atomic mass is 35.5. The Kier molecular flexibility index (Phi) is 7.73. The van der Waals surface area contributed by atoms with Crippen LogP contribution >= 0.6 is 23.2 Å². The number of rotatable bonds is 8. The molecule has 2 aromatic carbocycles. The standard InChI is InChI=1S/C24H24Cl2N2O4S/c1-24(2,19-11-17(13-27)23(21(26)12-19)31-9-8-25)18-4-6-20(7-5-18)32-15-16-10-22(28-14-16)33(3,29)30/h4-7,11-12,14H,8-10,15H2,1-3H3. The first-order chi connectivity index (χ1) is 15.6. The van der Waals surface area contributed by atoms with Crippen LogP contribution in [0.1, 0.15) is 37.0 Å². The van der Waals surface area contributed by atoms with Crippen LogP contribution in [0.5, 0.6) is 11.5 Å². The Morgan fingerprint density at radius 1 is 1.15 bits per heavy atom. The molecule has 9 heteroatoms. The van der Waals surface area contributed by atoms with Crippen molar-refractivity contribution < 1.29 is 17.9 Å². The Bertz CT molecular complexity index is 1240. The summed E-state index contributed by atoms with van der Waals surface area (Å²) >= 11 is 12.1. The predicted molar refractivity (Wildman–Crippen MR) is 131 cm³/mol. The van der Waals surface area contributed by atoms with Gasteiger partial charge in [0.05, 0.1) is 16.5 Å². The lowest BCUT2D eigenvalue weighted by Gasteiger charge is -2.27. The molecule has 0 N–H and O–H groups in total. The van der Waals surface area contributed by atoms with E-state index in [9.17, 15) is 13.7 Å². The van der Waals surface area contributed by atoms with Crippen molar-refractivity contribution in [3.63, 3.8) is 0 Å². The van der Waals surface area contributed by atoms with Gasteiger partial charge < -0.3 is 9.47 Å². The summed E-state index contributed by atoms with van der Waals surface area (Å²) in [6.07, 6.45) is 2.97. The van der Waals surface area contributed by atoms with Gasteiger partial charge in [0.25, 0.3) is 0 Å². The van der Waals surface area contributed by atoms with Crippen molar-refractivity contribution in [2.75, 3.05) is 25.3 Å². The molecular formula is C24H24Cl2N2O4S. The molecule has 2 aromatic rings. The van der Waals surface area contributed by atoms with Crippen LogP contribution in [-0.4, -0.2) is 38.8 Å². The number of nitrogens with zero attached hydrogens (tertiary/aromatic N) is 2. The number of halogens is 2. The molecule has 0 bridgehead atoms. The van der Waals surface area contributed by atoms with Crippen LogP contribution in [0.4, 0.5) is 0 Å². The third-order valence-electron chi connectivity index (χ3n) is 5.41. The van der Waals surface area contributed by atoms with E-state index >= 15 is 0 Å². The largest absolute Gasteiger partial charge is 0.489 e. The second kappa shape index (κ2) is 10.2. The molecule has 3 rings (SSSR count). The molecule has 0 saturated heterocycles. The molecule has 1 heterocycles. The summed E-state index contributed by atoms with van der Waals surface area (Å²) in [7, 11) is -3.28. The van der Waals surface area contributed by atoms with Gasteiger partial charge in [-0.2, -0.15) is 5.26 Å². The van der Waals surface area contributed by atoms with Gasteiger partial charge in [-0.25, -0.2) is 13.4 Å². The molecule has 0 amide bonds. The van der Waals surface area contributed by atoms with Gasteiger partial charge in [0.15, 0.2) is 15.6 Å². The monoisotopic (exact) mass is 506 g/mol. The molecule has 0 saturated carbocycles. The van der Waals surface area contributed by atoms with Crippen LogP contribution < -0.4 is 9.47 Å². The molecule has 1 aliphatic rings. The van der Waals surface area contributed by atoms with E-state index in [2.05, 4.69) is 11.1 Å². The average Bonchev–Trinajstić information content (AvgIpc) is 3.26. The average molecular weight is 507 g/mol. The van der Waals surface area contributed by atoms with Gasteiger partial charge in [0.1, 0.15) is 30.1 Å². The van der Waals surface area contributed by atoms with Crippen LogP contribution in [0.3, 0.4) is 0 Å². The maximum Gasteiger partial charge on any atom is 0.189 e. The van der Waals surface area contributed by atoms with E-state index in [1.807, 2.05) is 44.2 Å². The van der Waals surface area contributed by atoms with Gasteiger partial charge in [-0.1, -0.05) is 37.6 Å². The molecular weight excluding hydrogens is 483 g/mol. The smallest absolute Gasteiger partial charge is 0.189 e. The highest BCUT2D eigenvalue weighted by Crippen LogP contribution is 2.38. The minimum absolute atomic E-state index is 0.160. The first-order valence-corrected chi connectivity index (χ1v) is 13.0. The highest BCUT2D eigenvalue weighted by molar-refractivity contribution is 8.05. The summed E-state index contributed by atoms with van der Waals surface area (Å²) in [5, 5.41) is 10.1. The zero-order chi connectivity index (χ0) is 24.2. The number of sulfone groups is 1. The second-order valence-corrected chi connectivity index (χ2v) is 11.0. The van der Waals surface area contributed by atoms with E-state index in [4.69, 9.17) is 32.7 Å². The maximum absolute atomic E-state index is 11.6. The summed E-state index contributed by atoms with van der Waals surface area (Å²) in [5.74, 6) is 1.29. The van der Waals surface area contributed by atoms with Crippen LogP contribution in [0, 0.1) is 11.3 Å². The first-order valence-electron chi connectivity index (χ1n) is 10.2. The van der Waals surface area contributed by atoms with Gasteiger partial charge in [-0.3, -0.25) is 0 Å². The van der Waals surface area contributed by atoms with Crippen molar-refractivity contribution in [3.8, 4) is 17.6 Å². The Hall–Kier alpha value is -2.53. The van der Waals surface area contributed by atoms with Crippen LogP contribution in [0.25, 0.3) is 0 Å². The maximum atomic E-state index is 11.6. The lowest BCUT2D eigenvalue weighted by molar-refractivity contribution is 0.341. The minimum atomic E-state index is -3.28. The van der Waals surface area contributed by atoms with Gasteiger partial charge in [0.2, 0.25) is 0 Å². The van der Waals surface area contributed by atoms with E-state index in [0.717, 1.165) is 23.0 Å². The van der Waals surface area contributed by atoms with Crippen LogP contribution in [-0.2, 0) is 15.3 Å². The van der Waals surface area contributed by atoms with Gasteiger partial charge >= 0.3 is 0 Å². The number of hydrogen-bond acceptors (Lipinski definition) is 6. The third-order valence-corrected chi connectivity index (χ3v) is 6.95. The molecule has 0 spiro atoms. The molecule has 0 atom stereocenters. The van der Waals surface area contributed by atoms with Crippen molar-refractivity contribution >= 4 is 38.1 Å². The Morgan fingerprint density at radius 2 is 1.85 bits per heavy atom. The van der Waals surface area contributed by atoms with E-state index in [-0.39, 0.29) is 24.7 Å². The molecule has 0 aliphatic carbocycles. The minimum Gasteiger partial charge on any atom is -0.489 e. The summed E-state index contributed by atoms with van der Waals surface area (Å²) in [4.78, 5) is 3.96. The molecule has 0 fully saturated rings. The zero-order valence-electron chi connectivity index (χ0n) is 18.6. The van der Waals surface area contributed by atoms with E-state index in [1.54, 1.807) is 12.3 Å². The van der Waals surface area contributed by atoms with Crippen molar-refractivity contribution in [1.29, 1.82) is 5.26 Å². The van der Waals surface area contributed by atoms with Crippen molar-refractivity contribution in [1.82, 2.24) is 0 Å². The Morgan fingerprint density at radius 3 is 2.42 bits per heavy atom. The van der Waals surface area contributed by atoms with E-state index in [1.165, 1.54) is 0 Å². The van der Waals surface area contributed by atoms with Gasteiger partial charge in [0, 0.05) is 24.3 Å². The normalized spacial score (nSPS) is 13.8. The number of aliphatic imine (C=N–C) groups is 1. The molecule has 33 heavy (non-hydrogen) atoms. The quantitative estimate of drug-likeness (QED) is 0.455. The fraction of sp³-hybridized carbons (Fsp3) is 0.333. The number of ether oxygens (including phenoxy) is 2. The summed E-state index contributed by atoms with van der Waals surface area (Å²) < 4.78 is 34.5. The summed E-state index contributed by atoms with van der Waals surface area (Å²) in [5.41, 5.74) is 2.60. The number of hydrogen-bond donors (Lipinski definition) is 0. The van der Waals surface area contributed by atoms with Crippen molar-refractivity contribution in [2.24, 2.45) is 4.99 Å². The zero-order valence-corrected chi connectivity index (χ0v) is 20.9. The topological polar surface area (TPSA) is 88.8 Å². The summed E-state index contributed by atoms with van der Waals surface area (Å²) in [6.45, 7) is 4.61. The predicted octanol–water partition coefficient (Wildman–Crippen LogP) is 5.26. The fourth-order valence-corrected chi connectivity index (χ4v) is 4.44. The number of nitriles is 1. The molecule has 0 unspecified atom stereocenters. The van der Waals surface area contributed by atoms with Gasteiger partial charge in [-0.05, 0) is 41.0 Å². The molecule has 6 nitrogen and oxygen atoms in total. The Labute approximate surface area is 204 Å². The summed E-state index contributed by atoms with van der Waals surface area (Å²) in [6, 6.07) is 13.4. The second-order valence-electron chi connectivity index (χ2n) is 8.18. The lowest BCUT2D eigenvalue weighted by Crippen LogP contribution is -2.19. The molecule has 1 aliphatic heterocycles. The molecule has 174 valence electrons. The first kappa shape index (κ1) is 25.1.